The zero-order valence-corrected chi connectivity index (χ0v) is 26.0. The van der Waals surface area contributed by atoms with E-state index in [1.54, 1.807) is 6.08 Å². The number of hydrogen-bond acceptors (Lipinski definition) is 1. The van der Waals surface area contributed by atoms with Crippen molar-refractivity contribution >= 4 is 34.9 Å². The van der Waals surface area contributed by atoms with Gasteiger partial charge in [-0.15, -0.1) is 0 Å². The molecule has 0 aliphatic carbocycles. The van der Waals surface area contributed by atoms with Gasteiger partial charge in [-0.2, -0.15) is 0 Å². The standard InChI is InChI=1S/C35H47ClNOP/c1-5-8-24-39(36,25-9-6-2,26-10-7-3)28-31-16-21-34(22-17-31)37-35(38)23-18-30-12-11-13-33(27-30)32-19-14-29(4)15-20-32/h11-23,27H,5-10,24-26,28H2,1-4H3,(H,37,38)/b23-18+. The summed E-state index contributed by atoms with van der Waals surface area (Å²) in [5, 5.41) is 3.02. The molecule has 39 heavy (non-hydrogen) atoms. The van der Waals surface area contributed by atoms with Crippen LogP contribution in [0.5, 0.6) is 0 Å². The van der Waals surface area contributed by atoms with Gasteiger partial charge < -0.3 is 0 Å². The minimum atomic E-state index is -2.35. The minimum absolute atomic E-state index is 0.130. The van der Waals surface area contributed by atoms with E-state index in [0.717, 1.165) is 23.0 Å². The van der Waals surface area contributed by atoms with Crippen LogP contribution >= 0.6 is 17.2 Å². The molecule has 4 heteroatoms. The average Bonchev–Trinajstić information content (AvgIpc) is 2.95. The Balaban J connectivity index is 1.67. The normalized spacial score (nSPS) is 12.8. The van der Waals surface area contributed by atoms with Gasteiger partial charge >= 0.3 is 194 Å². The first kappa shape index (κ1) is 31.1. The van der Waals surface area contributed by atoms with Crippen molar-refractivity contribution < 1.29 is 4.79 Å². The third kappa shape index (κ3) is 9.63. The van der Waals surface area contributed by atoms with Crippen LogP contribution in [0.25, 0.3) is 17.2 Å². The molecule has 0 radical (unpaired) electrons. The number of carbonyl (C=O) groups excluding carboxylic acids is 1. The molecule has 1 N–H and O–H groups in total. The maximum atomic E-state index is 12.7. The summed E-state index contributed by atoms with van der Waals surface area (Å²) in [5.74, 6) is -2.48. The number of halogens is 1. The second kappa shape index (κ2) is 14.8. The van der Waals surface area contributed by atoms with Crippen molar-refractivity contribution in [1.82, 2.24) is 0 Å². The number of unbranched alkanes of at least 4 members (excludes halogenated alkanes) is 3. The number of rotatable bonds is 15. The van der Waals surface area contributed by atoms with Crippen LogP contribution in [0.4, 0.5) is 5.69 Å². The molecule has 0 bridgehead atoms. The fourth-order valence-corrected chi connectivity index (χ4v) is 12.4. The second-order valence-electron chi connectivity index (χ2n) is 11.2. The van der Waals surface area contributed by atoms with E-state index in [-0.39, 0.29) is 5.91 Å². The van der Waals surface area contributed by atoms with Gasteiger partial charge in [-0.3, -0.25) is 0 Å². The van der Waals surface area contributed by atoms with Crippen molar-refractivity contribution in [2.24, 2.45) is 0 Å². The third-order valence-electron chi connectivity index (χ3n) is 7.71. The van der Waals surface area contributed by atoms with Crippen LogP contribution in [-0.2, 0) is 11.0 Å². The molecule has 0 spiro atoms. The molecule has 2 nitrogen and oxygen atoms in total. The van der Waals surface area contributed by atoms with Crippen LogP contribution in [0, 0.1) is 6.92 Å². The van der Waals surface area contributed by atoms with E-state index in [0.29, 0.717) is 0 Å². The molecule has 3 rings (SSSR count). The van der Waals surface area contributed by atoms with Gasteiger partial charge in [-0.1, -0.05) is 35.9 Å². The zero-order valence-electron chi connectivity index (χ0n) is 24.4. The van der Waals surface area contributed by atoms with Crippen LogP contribution in [0.15, 0.2) is 78.9 Å². The first-order valence-corrected chi connectivity index (χ1v) is 18.6. The summed E-state index contributed by atoms with van der Waals surface area (Å²) in [6.07, 6.45) is 15.2. The molecule has 0 unspecified atom stereocenters. The molecule has 1 amide bonds. The molecule has 0 fully saturated rings. The number of nitrogens with one attached hydrogen (secondary N) is 1. The summed E-state index contributed by atoms with van der Waals surface area (Å²) >= 11 is 7.80. The van der Waals surface area contributed by atoms with Gasteiger partial charge in [-0.05, 0) is 12.5 Å². The van der Waals surface area contributed by atoms with Gasteiger partial charge in [0.05, 0.1) is 0 Å². The number of benzene rings is 3. The Bertz CT molecular complexity index is 1190. The van der Waals surface area contributed by atoms with Crippen molar-refractivity contribution in [3.63, 3.8) is 0 Å². The number of amides is 1. The van der Waals surface area contributed by atoms with Gasteiger partial charge in [-0.25, -0.2) is 0 Å². The molecule has 210 valence electrons. The molecule has 0 aromatic heterocycles. The Kier molecular flexibility index (Phi) is 11.8. The van der Waals surface area contributed by atoms with Crippen LogP contribution in [0.3, 0.4) is 0 Å². The zero-order chi connectivity index (χ0) is 28.2. The monoisotopic (exact) mass is 563 g/mol. The van der Waals surface area contributed by atoms with Crippen LogP contribution < -0.4 is 5.32 Å². The first-order valence-electron chi connectivity index (χ1n) is 14.7. The first-order chi connectivity index (χ1) is 18.8. The summed E-state index contributed by atoms with van der Waals surface area (Å²) in [5.41, 5.74) is 6.66. The quantitative estimate of drug-likeness (QED) is 0.144. The summed E-state index contributed by atoms with van der Waals surface area (Å²) < 4.78 is 0. The van der Waals surface area contributed by atoms with E-state index < -0.39 is 5.96 Å². The Hall–Kier alpha value is -2.41. The summed E-state index contributed by atoms with van der Waals surface area (Å²) in [7, 11) is 0. The summed E-state index contributed by atoms with van der Waals surface area (Å²) in [6, 6.07) is 25.1. The van der Waals surface area contributed by atoms with E-state index in [9.17, 15) is 4.79 Å². The number of aryl methyl sites for hydroxylation is 1. The number of carbonyl (C=O) groups is 1. The van der Waals surface area contributed by atoms with Crippen LogP contribution in [0.2, 0.25) is 0 Å². The van der Waals surface area contributed by atoms with Crippen molar-refractivity contribution in [3.05, 3.63) is 95.6 Å². The molecule has 3 aromatic carbocycles. The molecule has 0 aliphatic rings. The van der Waals surface area contributed by atoms with Gasteiger partial charge in [0.15, 0.2) is 0 Å². The average molecular weight is 564 g/mol. The van der Waals surface area contributed by atoms with E-state index in [2.05, 4.69) is 81.5 Å². The van der Waals surface area contributed by atoms with Crippen LogP contribution in [0.1, 0.15) is 76.0 Å². The van der Waals surface area contributed by atoms with Crippen molar-refractivity contribution in [2.75, 3.05) is 23.8 Å². The van der Waals surface area contributed by atoms with Gasteiger partial charge in [0, 0.05) is 0 Å². The number of hydrogen-bond donors (Lipinski definition) is 1. The van der Waals surface area contributed by atoms with Crippen molar-refractivity contribution in [1.29, 1.82) is 0 Å². The predicted molar refractivity (Wildman–Crippen MR) is 177 cm³/mol. The SMILES string of the molecule is CCCCP(Cl)(CCCC)(CCCC)Cc1ccc(NC(=O)/C=C/c2cccc(-c3ccc(C)cc3)c2)cc1. The van der Waals surface area contributed by atoms with Crippen LogP contribution in [-0.4, -0.2) is 24.4 Å². The molecular weight excluding hydrogens is 517 g/mol. The Labute approximate surface area is 242 Å². The Morgan fingerprint density at radius 2 is 1.38 bits per heavy atom. The Morgan fingerprint density at radius 3 is 1.95 bits per heavy atom. The van der Waals surface area contributed by atoms with E-state index in [1.165, 1.54) is 73.7 Å². The van der Waals surface area contributed by atoms with E-state index >= 15 is 0 Å². The van der Waals surface area contributed by atoms with E-state index in [4.69, 9.17) is 11.2 Å². The molecule has 0 aliphatic heterocycles. The molecule has 0 saturated carbocycles. The molecule has 3 aromatic rings. The van der Waals surface area contributed by atoms with Gasteiger partial charge in [0.1, 0.15) is 0 Å². The second-order valence-corrected chi connectivity index (χ2v) is 19.4. The van der Waals surface area contributed by atoms with Crippen molar-refractivity contribution in [2.45, 2.75) is 72.4 Å². The van der Waals surface area contributed by atoms with E-state index in [1.807, 2.05) is 30.3 Å². The van der Waals surface area contributed by atoms with Crippen molar-refractivity contribution in [3.8, 4) is 11.1 Å². The fraction of sp³-hybridized carbons (Fsp3) is 0.400. The van der Waals surface area contributed by atoms with Gasteiger partial charge in [0.2, 0.25) is 0 Å². The predicted octanol–water partition coefficient (Wildman–Crippen LogP) is 10.9. The topological polar surface area (TPSA) is 29.1 Å². The number of anilines is 1. The van der Waals surface area contributed by atoms with Gasteiger partial charge in [0.25, 0.3) is 0 Å². The molecule has 0 heterocycles. The Morgan fingerprint density at radius 1 is 0.795 bits per heavy atom. The third-order valence-corrected chi connectivity index (χ3v) is 15.0. The molecular formula is C35H47ClNOP. The maximum absolute atomic E-state index is 12.7. The molecule has 0 saturated heterocycles. The summed E-state index contributed by atoms with van der Waals surface area (Å²) in [4.78, 5) is 12.7. The summed E-state index contributed by atoms with van der Waals surface area (Å²) in [6.45, 7) is 8.90. The molecule has 0 atom stereocenters. The fourth-order valence-electron chi connectivity index (χ4n) is 5.31.